The third-order valence-electron chi connectivity index (χ3n) is 2.94. The van der Waals surface area contributed by atoms with Crippen molar-refractivity contribution in [2.75, 3.05) is 11.9 Å². The topological polar surface area (TPSA) is 38.3 Å². The molecule has 3 heteroatoms. The van der Waals surface area contributed by atoms with Crippen molar-refractivity contribution < 1.29 is 9.53 Å². The van der Waals surface area contributed by atoms with Gasteiger partial charge in [-0.05, 0) is 29.7 Å². The second-order valence-corrected chi connectivity index (χ2v) is 5.43. The van der Waals surface area contributed by atoms with Crippen LogP contribution in [0.15, 0.2) is 60.7 Å². The van der Waals surface area contributed by atoms with E-state index in [0.717, 1.165) is 5.56 Å². The second-order valence-electron chi connectivity index (χ2n) is 5.43. The Kier molecular flexibility index (Phi) is 5.78. The third kappa shape index (κ3) is 5.09. The van der Waals surface area contributed by atoms with Crippen molar-refractivity contribution in [3.05, 3.63) is 66.2 Å². The van der Waals surface area contributed by atoms with Crippen molar-refractivity contribution in [2.24, 2.45) is 5.92 Å². The van der Waals surface area contributed by atoms with Gasteiger partial charge < -0.3 is 10.1 Å². The van der Waals surface area contributed by atoms with E-state index in [4.69, 9.17) is 4.74 Å². The zero-order chi connectivity index (χ0) is 15.8. The molecule has 0 aliphatic carbocycles. The van der Waals surface area contributed by atoms with Crippen LogP contribution in [0, 0.1) is 5.92 Å². The first-order valence-electron chi connectivity index (χ1n) is 7.41. The van der Waals surface area contributed by atoms with Gasteiger partial charge in [-0.1, -0.05) is 56.3 Å². The molecule has 0 unspecified atom stereocenters. The number of carbonyl (C=O) groups excluding carboxylic acids is 1. The number of para-hydroxylation sites is 2. The first-order valence-corrected chi connectivity index (χ1v) is 7.41. The van der Waals surface area contributed by atoms with Crippen molar-refractivity contribution in [3.63, 3.8) is 0 Å². The number of rotatable bonds is 6. The highest BCUT2D eigenvalue weighted by Gasteiger charge is 2.06. The molecule has 114 valence electrons. The molecule has 0 radical (unpaired) electrons. The van der Waals surface area contributed by atoms with E-state index in [1.54, 1.807) is 6.08 Å². The summed E-state index contributed by atoms with van der Waals surface area (Å²) < 4.78 is 5.72. The Morgan fingerprint density at radius 3 is 2.50 bits per heavy atom. The van der Waals surface area contributed by atoms with Gasteiger partial charge in [0.15, 0.2) is 0 Å². The smallest absolute Gasteiger partial charge is 0.248 e. The molecular formula is C19H21NO2. The van der Waals surface area contributed by atoms with Crippen LogP contribution in [0.3, 0.4) is 0 Å². The third-order valence-corrected chi connectivity index (χ3v) is 2.94. The predicted molar refractivity (Wildman–Crippen MR) is 90.9 cm³/mol. The summed E-state index contributed by atoms with van der Waals surface area (Å²) in [6.45, 7) is 4.79. The summed E-state index contributed by atoms with van der Waals surface area (Å²) in [5.41, 5.74) is 1.67. The van der Waals surface area contributed by atoms with E-state index in [9.17, 15) is 4.79 Å². The first-order chi connectivity index (χ1) is 10.6. The van der Waals surface area contributed by atoms with Crippen LogP contribution in [0.4, 0.5) is 5.69 Å². The summed E-state index contributed by atoms with van der Waals surface area (Å²) in [7, 11) is 0. The average Bonchev–Trinajstić information content (AvgIpc) is 2.53. The molecule has 3 nitrogen and oxygen atoms in total. The maximum absolute atomic E-state index is 12.0. The van der Waals surface area contributed by atoms with Crippen molar-refractivity contribution in [2.45, 2.75) is 13.8 Å². The number of nitrogens with one attached hydrogen (secondary N) is 1. The van der Waals surface area contributed by atoms with E-state index in [0.29, 0.717) is 24.0 Å². The van der Waals surface area contributed by atoms with E-state index < -0.39 is 0 Å². The SMILES string of the molecule is CC(C)COc1ccccc1NC(=O)C=Cc1ccccc1. The lowest BCUT2D eigenvalue weighted by Gasteiger charge is -2.13. The lowest BCUT2D eigenvalue weighted by atomic mass is 10.2. The fourth-order valence-electron chi connectivity index (χ4n) is 1.86. The van der Waals surface area contributed by atoms with Crippen molar-refractivity contribution in [1.29, 1.82) is 0 Å². The molecule has 2 aromatic rings. The summed E-state index contributed by atoms with van der Waals surface area (Å²) in [5.74, 6) is 0.948. The predicted octanol–water partition coefficient (Wildman–Crippen LogP) is 4.37. The average molecular weight is 295 g/mol. The fraction of sp³-hybridized carbons (Fsp3) is 0.211. The minimum atomic E-state index is -0.176. The molecule has 1 N–H and O–H groups in total. The van der Waals surface area contributed by atoms with Gasteiger partial charge in [0.25, 0.3) is 0 Å². The normalized spacial score (nSPS) is 10.9. The lowest BCUT2D eigenvalue weighted by molar-refractivity contribution is -0.111. The molecule has 0 aliphatic heterocycles. The Labute approximate surface area is 131 Å². The van der Waals surface area contributed by atoms with Gasteiger partial charge in [0.1, 0.15) is 5.75 Å². The van der Waals surface area contributed by atoms with E-state index >= 15 is 0 Å². The molecule has 0 spiro atoms. The monoisotopic (exact) mass is 295 g/mol. The number of carbonyl (C=O) groups is 1. The van der Waals surface area contributed by atoms with E-state index in [1.807, 2.05) is 54.6 Å². The van der Waals surface area contributed by atoms with E-state index in [2.05, 4.69) is 19.2 Å². The van der Waals surface area contributed by atoms with Gasteiger partial charge >= 0.3 is 0 Å². The first kappa shape index (κ1) is 15.8. The molecule has 0 aromatic heterocycles. The van der Waals surface area contributed by atoms with Crippen molar-refractivity contribution in [1.82, 2.24) is 0 Å². The molecule has 0 fully saturated rings. The van der Waals surface area contributed by atoms with Gasteiger partial charge in [0.05, 0.1) is 12.3 Å². The van der Waals surface area contributed by atoms with Crippen LogP contribution in [0.1, 0.15) is 19.4 Å². The zero-order valence-electron chi connectivity index (χ0n) is 13.0. The molecular weight excluding hydrogens is 274 g/mol. The minimum absolute atomic E-state index is 0.176. The Bertz CT molecular complexity index is 633. The fourth-order valence-corrected chi connectivity index (χ4v) is 1.86. The van der Waals surface area contributed by atoms with Gasteiger partial charge in [0, 0.05) is 6.08 Å². The largest absolute Gasteiger partial charge is 0.491 e. The summed E-state index contributed by atoms with van der Waals surface area (Å²) in [6, 6.07) is 17.2. The Hall–Kier alpha value is -2.55. The maximum atomic E-state index is 12.0. The van der Waals surface area contributed by atoms with Crippen molar-refractivity contribution in [3.8, 4) is 5.75 Å². The summed E-state index contributed by atoms with van der Waals surface area (Å²) >= 11 is 0. The second kappa shape index (κ2) is 8.03. The molecule has 0 atom stereocenters. The van der Waals surface area contributed by atoms with Gasteiger partial charge in [-0.3, -0.25) is 4.79 Å². The number of hydrogen-bond acceptors (Lipinski definition) is 2. The van der Waals surface area contributed by atoms with Crippen LogP contribution >= 0.6 is 0 Å². The van der Waals surface area contributed by atoms with Crippen molar-refractivity contribution >= 4 is 17.7 Å². The van der Waals surface area contributed by atoms with E-state index in [-0.39, 0.29) is 5.91 Å². The molecule has 0 saturated heterocycles. The molecule has 1 amide bonds. The van der Waals surface area contributed by atoms with Crippen LogP contribution < -0.4 is 10.1 Å². The van der Waals surface area contributed by atoms with Gasteiger partial charge in [-0.25, -0.2) is 0 Å². The van der Waals surface area contributed by atoms with Crippen LogP contribution in [0.2, 0.25) is 0 Å². The number of amides is 1. The van der Waals surface area contributed by atoms with Crippen LogP contribution in [0.25, 0.3) is 6.08 Å². The molecule has 2 rings (SSSR count). The number of anilines is 1. The molecule has 0 saturated carbocycles. The van der Waals surface area contributed by atoms with Gasteiger partial charge in [-0.15, -0.1) is 0 Å². The highest BCUT2D eigenvalue weighted by Crippen LogP contribution is 2.24. The number of ether oxygens (including phenoxy) is 1. The Morgan fingerprint density at radius 1 is 1.09 bits per heavy atom. The van der Waals surface area contributed by atoms with Crippen LogP contribution in [-0.2, 0) is 4.79 Å². The summed E-state index contributed by atoms with van der Waals surface area (Å²) in [4.78, 5) is 12.0. The highest BCUT2D eigenvalue weighted by molar-refractivity contribution is 6.02. The van der Waals surface area contributed by atoms with Crippen LogP contribution in [-0.4, -0.2) is 12.5 Å². The van der Waals surface area contributed by atoms with Gasteiger partial charge in [0.2, 0.25) is 5.91 Å². The van der Waals surface area contributed by atoms with E-state index in [1.165, 1.54) is 6.08 Å². The molecule has 0 heterocycles. The molecule has 0 bridgehead atoms. The summed E-state index contributed by atoms with van der Waals surface area (Å²) in [6.07, 6.45) is 3.31. The zero-order valence-corrected chi connectivity index (χ0v) is 13.0. The summed E-state index contributed by atoms with van der Waals surface area (Å²) in [5, 5.41) is 2.85. The molecule has 2 aromatic carbocycles. The lowest BCUT2D eigenvalue weighted by Crippen LogP contribution is -2.11. The Morgan fingerprint density at radius 2 is 1.77 bits per heavy atom. The Balaban J connectivity index is 2.01. The number of benzene rings is 2. The standard InChI is InChI=1S/C19H21NO2/c1-15(2)14-22-18-11-7-6-10-17(18)20-19(21)13-12-16-8-4-3-5-9-16/h3-13,15H,14H2,1-2H3,(H,20,21). The maximum Gasteiger partial charge on any atom is 0.248 e. The van der Waals surface area contributed by atoms with Gasteiger partial charge in [-0.2, -0.15) is 0 Å². The highest BCUT2D eigenvalue weighted by atomic mass is 16.5. The quantitative estimate of drug-likeness (QED) is 0.803. The molecule has 0 aliphatic rings. The minimum Gasteiger partial charge on any atom is -0.491 e. The molecule has 22 heavy (non-hydrogen) atoms. The van der Waals surface area contributed by atoms with Crippen LogP contribution in [0.5, 0.6) is 5.75 Å². The number of hydrogen-bond donors (Lipinski definition) is 1.